The van der Waals surface area contributed by atoms with Crippen LogP contribution in [0.2, 0.25) is 0 Å². The average molecular weight is 255 g/mol. The van der Waals surface area contributed by atoms with Gasteiger partial charge >= 0.3 is 6.18 Å². The Morgan fingerprint density at radius 3 is 2.22 bits per heavy atom. The van der Waals surface area contributed by atoms with Crippen molar-refractivity contribution >= 4 is 0 Å². The maximum absolute atomic E-state index is 12.4. The number of benzene rings is 1. The molecule has 1 heterocycles. The zero-order valence-corrected chi connectivity index (χ0v) is 9.66. The van der Waals surface area contributed by atoms with Gasteiger partial charge in [0.05, 0.1) is 0 Å². The molecule has 2 aromatic rings. The van der Waals surface area contributed by atoms with Crippen molar-refractivity contribution < 1.29 is 17.6 Å². The molecule has 0 amide bonds. The van der Waals surface area contributed by atoms with E-state index in [0.29, 0.717) is 5.76 Å². The van der Waals surface area contributed by atoms with Crippen molar-refractivity contribution in [3.63, 3.8) is 0 Å². The van der Waals surface area contributed by atoms with Crippen LogP contribution in [0.5, 0.6) is 0 Å². The predicted octanol–water partition coefficient (Wildman–Crippen LogP) is 3.82. The number of furan rings is 1. The Hall–Kier alpha value is -1.75. The van der Waals surface area contributed by atoms with Crippen molar-refractivity contribution in [1.29, 1.82) is 0 Å². The lowest BCUT2D eigenvalue weighted by Crippen LogP contribution is -2.27. The quantitative estimate of drug-likeness (QED) is 0.886. The summed E-state index contributed by atoms with van der Waals surface area (Å²) in [6, 6.07) is 7.96. The number of hydrogen-bond acceptors (Lipinski definition) is 2. The van der Waals surface area contributed by atoms with Crippen LogP contribution in [0, 0.1) is 6.92 Å². The van der Waals surface area contributed by atoms with Crippen LogP contribution in [-0.2, 0) is 0 Å². The molecule has 2 rings (SSSR count). The maximum atomic E-state index is 12.4. The molecule has 0 saturated carbocycles. The van der Waals surface area contributed by atoms with Crippen LogP contribution < -0.4 is 5.73 Å². The summed E-state index contributed by atoms with van der Waals surface area (Å²) in [6.45, 7) is 1.93. The summed E-state index contributed by atoms with van der Waals surface area (Å²) in [4.78, 5) is 0. The molecule has 18 heavy (non-hydrogen) atoms. The van der Waals surface area contributed by atoms with Crippen molar-refractivity contribution in [1.82, 2.24) is 0 Å². The number of aryl methyl sites for hydroxylation is 1. The van der Waals surface area contributed by atoms with Gasteiger partial charge in [-0.05, 0) is 19.1 Å². The van der Waals surface area contributed by atoms with Crippen LogP contribution in [0.4, 0.5) is 13.2 Å². The molecule has 1 unspecified atom stereocenters. The summed E-state index contributed by atoms with van der Waals surface area (Å²) in [5.41, 5.74) is 6.86. The fraction of sp³-hybridized carbons (Fsp3) is 0.231. The van der Waals surface area contributed by atoms with Gasteiger partial charge in [0.2, 0.25) is 0 Å². The first kappa shape index (κ1) is 12.7. The first-order chi connectivity index (χ1) is 8.38. The highest BCUT2D eigenvalue weighted by Crippen LogP contribution is 2.33. The molecule has 0 aliphatic carbocycles. The normalized spacial score (nSPS) is 13.6. The zero-order chi connectivity index (χ0) is 13.3. The van der Waals surface area contributed by atoms with Gasteiger partial charge in [0.15, 0.2) is 6.04 Å². The Morgan fingerprint density at radius 2 is 1.67 bits per heavy atom. The van der Waals surface area contributed by atoms with Crippen LogP contribution in [-0.4, -0.2) is 6.18 Å². The van der Waals surface area contributed by atoms with Gasteiger partial charge in [-0.2, -0.15) is 13.2 Å². The second-order valence-electron chi connectivity index (χ2n) is 4.09. The highest BCUT2D eigenvalue weighted by atomic mass is 19.4. The predicted molar refractivity (Wildman–Crippen MR) is 61.9 cm³/mol. The highest BCUT2D eigenvalue weighted by Gasteiger charge is 2.40. The van der Waals surface area contributed by atoms with Crippen LogP contribution >= 0.6 is 0 Å². The Balaban J connectivity index is 2.28. The monoisotopic (exact) mass is 255 g/mol. The van der Waals surface area contributed by atoms with Gasteiger partial charge in [-0.1, -0.05) is 29.8 Å². The molecule has 0 aliphatic rings. The molecule has 1 aromatic heterocycles. The molecular formula is C13H12F3NO. The third kappa shape index (κ3) is 2.56. The first-order valence-electron chi connectivity index (χ1n) is 5.37. The molecule has 2 nitrogen and oxygen atoms in total. The van der Waals surface area contributed by atoms with Gasteiger partial charge in [-0.15, -0.1) is 0 Å². The number of rotatable bonds is 2. The summed E-state index contributed by atoms with van der Waals surface area (Å²) in [6.07, 6.45) is -4.50. The van der Waals surface area contributed by atoms with E-state index in [1.165, 1.54) is 12.1 Å². The van der Waals surface area contributed by atoms with Crippen molar-refractivity contribution in [2.75, 3.05) is 0 Å². The van der Waals surface area contributed by atoms with Crippen LogP contribution in [0.1, 0.15) is 17.4 Å². The van der Waals surface area contributed by atoms with Crippen molar-refractivity contribution in [2.45, 2.75) is 19.1 Å². The molecule has 0 spiro atoms. The molecule has 2 N–H and O–H groups in total. The summed E-state index contributed by atoms with van der Waals surface area (Å²) < 4.78 is 42.4. The fourth-order valence-corrected chi connectivity index (χ4v) is 1.55. The van der Waals surface area contributed by atoms with E-state index < -0.39 is 12.2 Å². The molecule has 0 aliphatic heterocycles. The highest BCUT2D eigenvalue weighted by molar-refractivity contribution is 5.58. The lowest BCUT2D eigenvalue weighted by atomic mass is 10.1. The van der Waals surface area contributed by atoms with Gasteiger partial charge in [-0.3, -0.25) is 0 Å². The fourth-order valence-electron chi connectivity index (χ4n) is 1.55. The van der Waals surface area contributed by atoms with Crippen LogP contribution in [0.25, 0.3) is 11.3 Å². The number of nitrogens with two attached hydrogens (primary N) is 1. The largest absolute Gasteiger partial charge is 0.459 e. The molecule has 1 atom stereocenters. The number of halogens is 3. The second kappa shape index (κ2) is 4.49. The van der Waals surface area contributed by atoms with Crippen molar-refractivity contribution in [2.24, 2.45) is 5.73 Å². The minimum Gasteiger partial charge on any atom is -0.459 e. The Morgan fingerprint density at radius 1 is 1.06 bits per heavy atom. The van der Waals surface area contributed by atoms with Crippen LogP contribution in [0.15, 0.2) is 40.8 Å². The third-order valence-corrected chi connectivity index (χ3v) is 2.62. The minimum absolute atomic E-state index is 0.280. The minimum atomic E-state index is -4.50. The second-order valence-corrected chi connectivity index (χ2v) is 4.09. The van der Waals surface area contributed by atoms with Crippen molar-refractivity contribution in [3.05, 3.63) is 47.7 Å². The summed E-state index contributed by atoms with van der Waals surface area (Å²) in [7, 11) is 0. The first-order valence-corrected chi connectivity index (χ1v) is 5.37. The Bertz CT molecular complexity index is 528. The van der Waals surface area contributed by atoms with E-state index in [9.17, 15) is 13.2 Å². The van der Waals surface area contributed by atoms with Gasteiger partial charge in [0.1, 0.15) is 11.5 Å². The van der Waals surface area contributed by atoms with E-state index in [1.807, 2.05) is 19.1 Å². The van der Waals surface area contributed by atoms with E-state index in [0.717, 1.165) is 11.1 Å². The lowest BCUT2D eigenvalue weighted by Gasteiger charge is -2.12. The van der Waals surface area contributed by atoms with E-state index in [4.69, 9.17) is 10.2 Å². The molecule has 0 radical (unpaired) electrons. The van der Waals surface area contributed by atoms with E-state index in [1.54, 1.807) is 12.1 Å². The van der Waals surface area contributed by atoms with Gasteiger partial charge in [0.25, 0.3) is 0 Å². The maximum Gasteiger partial charge on any atom is 0.410 e. The lowest BCUT2D eigenvalue weighted by molar-refractivity contribution is -0.152. The average Bonchev–Trinajstić information content (AvgIpc) is 2.77. The summed E-state index contributed by atoms with van der Waals surface area (Å²) in [5, 5.41) is 0. The van der Waals surface area contributed by atoms with Crippen LogP contribution in [0.3, 0.4) is 0 Å². The molecule has 96 valence electrons. The summed E-state index contributed by atoms with van der Waals surface area (Å²) >= 11 is 0. The number of alkyl halides is 3. The Labute approximate surface area is 102 Å². The molecule has 0 fully saturated rings. The Kier molecular flexibility index (Phi) is 3.17. The topological polar surface area (TPSA) is 39.2 Å². The molecule has 1 aromatic carbocycles. The third-order valence-electron chi connectivity index (χ3n) is 2.62. The van der Waals surface area contributed by atoms with Crippen molar-refractivity contribution in [3.8, 4) is 11.3 Å². The van der Waals surface area contributed by atoms with Gasteiger partial charge in [0, 0.05) is 5.56 Å². The van der Waals surface area contributed by atoms with E-state index >= 15 is 0 Å². The summed E-state index contributed by atoms with van der Waals surface area (Å²) in [5.74, 6) is 0.0998. The van der Waals surface area contributed by atoms with E-state index in [2.05, 4.69) is 0 Å². The molecule has 0 bridgehead atoms. The SMILES string of the molecule is Cc1ccc(-c2ccc(C(N)C(F)(F)F)o2)cc1. The molecule has 5 heteroatoms. The molecule has 0 saturated heterocycles. The smallest absolute Gasteiger partial charge is 0.410 e. The standard InChI is InChI=1S/C13H12F3NO/c1-8-2-4-9(5-3-8)10-6-7-11(18-10)12(17)13(14,15)16/h2-7,12H,17H2,1H3. The van der Waals surface area contributed by atoms with Gasteiger partial charge in [-0.25, -0.2) is 0 Å². The zero-order valence-electron chi connectivity index (χ0n) is 9.66. The van der Waals surface area contributed by atoms with E-state index in [-0.39, 0.29) is 5.76 Å². The number of hydrogen-bond donors (Lipinski definition) is 1. The van der Waals surface area contributed by atoms with Gasteiger partial charge < -0.3 is 10.2 Å². The molecular weight excluding hydrogens is 243 g/mol.